The van der Waals surface area contributed by atoms with E-state index in [1.165, 1.54) is 11.1 Å². The van der Waals surface area contributed by atoms with Crippen LogP contribution in [-0.4, -0.2) is 16.8 Å². The SMILES string of the molecule is C/C=C1\C[C@H](Cc2ccccc2)N(Cc2ccccc2)C1=O. The predicted molar refractivity (Wildman–Crippen MR) is 89.3 cm³/mol. The van der Waals surface area contributed by atoms with Crippen LogP contribution in [0.2, 0.25) is 0 Å². The number of allylic oxidation sites excluding steroid dienone is 1. The summed E-state index contributed by atoms with van der Waals surface area (Å²) in [5, 5.41) is 0. The van der Waals surface area contributed by atoms with E-state index in [0.717, 1.165) is 18.4 Å². The summed E-state index contributed by atoms with van der Waals surface area (Å²) in [6.45, 7) is 2.65. The Morgan fingerprint density at radius 3 is 2.18 bits per heavy atom. The Morgan fingerprint density at radius 2 is 1.59 bits per heavy atom. The lowest BCUT2D eigenvalue weighted by Crippen LogP contribution is -2.34. The molecule has 1 saturated heterocycles. The van der Waals surface area contributed by atoms with Crippen molar-refractivity contribution in [2.24, 2.45) is 0 Å². The second-order valence-electron chi connectivity index (χ2n) is 5.78. The average molecular weight is 291 g/mol. The van der Waals surface area contributed by atoms with Crippen molar-refractivity contribution in [2.45, 2.75) is 32.4 Å². The van der Waals surface area contributed by atoms with E-state index in [1.807, 2.05) is 42.2 Å². The number of amides is 1. The molecule has 1 heterocycles. The molecule has 2 nitrogen and oxygen atoms in total. The van der Waals surface area contributed by atoms with Gasteiger partial charge in [0, 0.05) is 18.2 Å². The van der Waals surface area contributed by atoms with E-state index < -0.39 is 0 Å². The first kappa shape index (κ1) is 14.6. The summed E-state index contributed by atoms with van der Waals surface area (Å²) < 4.78 is 0. The number of hydrogen-bond acceptors (Lipinski definition) is 1. The highest BCUT2D eigenvalue weighted by Gasteiger charge is 2.34. The molecule has 0 aliphatic carbocycles. The highest BCUT2D eigenvalue weighted by atomic mass is 16.2. The molecule has 2 aromatic carbocycles. The van der Waals surface area contributed by atoms with Crippen LogP contribution >= 0.6 is 0 Å². The van der Waals surface area contributed by atoms with Crippen LogP contribution in [0.25, 0.3) is 0 Å². The van der Waals surface area contributed by atoms with Crippen molar-refractivity contribution in [3.8, 4) is 0 Å². The maximum Gasteiger partial charge on any atom is 0.250 e. The van der Waals surface area contributed by atoms with Gasteiger partial charge in [0.1, 0.15) is 0 Å². The predicted octanol–water partition coefficient (Wildman–Crippen LogP) is 3.98. The number of carbonyl (C=O) groups excluding carboxylic acids is 1. The van der Waals surface area contributed by atoms with Crippen molar-refractivity contribution in [3.63, 3.8) is 0 Å². The van der Waals surface area contributed by atoms with Crippen molar-refractivity contribution in [1.82, 2.24) is 4.90 Å². The molecule has 112 valence electrons. The summed E-state index contributed by atoms with van der Waals surface area (Å²) in [7, 11) is 0. The molecule has 1 aliphatic heterocycles. The fourth-order valence-corrected chi connectivity index (χ4v) is 3.09. The lowest BCUT2D eigenvalue weighted by Gasteiger charge is -2.24. The Bertz CT molecular complexity index is 661. The van der Waals surface area contributed by atoms with Crippen LogP contribution in [0.4, 0.5) is 0 Å². The zero-order valence-electron chi connectivity index (χ0n) is 12.9. The molecule has 0 aromatic heterocycles. The molecule has 0 unspecified atom stereocenters. The highest BCUT2D eigenvalue weighted by Crippen LogP contribution is 2.28. The average Bonchev–Trinajstić information content (AvgIpc) is 2.85. The van der Waals surface area contributed by atoms with Crippen LogP contribution in [0, 0.1) is 0 Å². The lowest BCUT2D eigenvalue weighted by atomic mass is 10.0. The van der Waals surface area contributed by atoms with Crippen molar-refractivity contribution in [2.75, 3.05) is 0 Å². The summed E-state index contributed by atoms with van der Waals surface area (Å²) in [5.41, 5.74) is 3.42. The Morgan fingerprint density at radius 1 is 1.00 bits per heavy atom. The van der Waals surface area contributed by atoms with Crippen LogP contribution in [0.5, 0.6) is 0 Å². The second kappa shape index (κ2) is 6.61. The summed E-state index contributed by atoms with van der Waals surface area (Å²) in [5.74, 6) is 0.187. The van der Waals surface area contributed by atoms with Gasteiger partial charge in [0.25, 0.3) is 0 Å². The molecule has 0 N–H and O–H groups in total. The largest absolute Gasteiger partial charge is 0.331 e. The first-order valence-corrected chi connectivity index (χ1v) is 7.82. The minimum Gasteiger partial charge on any atom is -0.331 e. The third-order valence-corrected chi connectivity index (χ3v) is 4.29. The van der Waals surface area contributed by atoms with Gasteiger partial charge >= 0.3 is 0 Å². The van der Waals surface area contributed by atoms with Gasteiger partial charge in [0.05, 0.1) is 0 Å². The van der Waals surface area contributed by atoms with E-state index in [1.54, 1.807) is 0 Å². The highest BCUT2D eigenvalue weighted by molar-refractivity contribution is 5.96. The smallest absolute Gasteiger partial charge is 0.250 e. The van der Waals surface area contributed by atoms with E-state index in [-0.39, 0.29) is 11.9 Å². The van der Waals surface area contributed by atoms with Crippen molar-refractivity contribution < 1.29 is 4.79 Å². The topological polar surface area (TPSA) is 20.3 Å². The van der Waals surface area contributed by atoms with Gasteiger partial charge in [-0.1, -0.05) is 66.7 Å². The van der Waals surface area contributed by atoms with Crippen LogP contribution in [-0.2, 0) is 17.8 Å². The molecule has 1 aliphatic rings. The van der Waals surface area contributed by atoms with Crippen molar-refractivity contribution >= 4 is 5.91 Å². The minimum atomic E-state index is 0.187. The van der Waals surface area contributed by atoms with Gasteiger partial charge < -0.3 is 4.90 Å². The van der Waals surface area contributed by atoms with Gasteiger partial charge in [-0.25, -0.2) is 0 Å². The Balaban J connectivity index is 1.81. The zero-order valence-corrected chi connectivity index (χ0v) is 12.9. The molecule has 0 bridgehead atoms. The fourth-order valence-electron chi connectivity index (χ4n) is 3.09. The van der Waals surface area contributed by atoms with Gasteiger partial charge in [-0.2, -0.15) is 0 Å². The molecular weight excluding hydrogens is 270 g/mol. The maximum absolute atomic E-state index is 12.6. The summed E-state index contributed by atoms with van der Waals surface area (Å²) in [4.78, 5) is 14.6. The quantitative estimate of drug-likeness (QED) is 0.780. The maximum atomic E-state index is 12.6. The Kier molecular flexibility index (Phi) is 4.38. The van der Waals surface area contributed by atoms with Crippen LogP contribution < -0.4 is 0 Å². The fraction of sp³-hybridized carbons (Fsp3) is 0.250. The van der Waals surface area contributed by atoms with Gasteiger partial charge in [-0.3, -0.25) is 4.79 Å². The first-order chi connectivity index (χ1) is 10.8. The second-order valence-corrected chi connectivity index (χ2v) is 5.78. The Hall–Kier alpha value is -2.35. The zero-order chi connectivity index (χ0) is 15.4. The molecule has 0 saturated carbocycles. The number of nitrogens with zero attached hydrogens (tertiary/aromatic N) is 1. The lowest BCUT2D eigenvalue weighted by molar-refractivity contribution is -0.126. The standard InChI is InChI=1S/C20H21NO/c1-2-18-14-19(13-16-9-5-3-6-10-16)21(20(18)22)15-17-11-7-4-8-12-17/h2-12,19H,13-15H2,1H3/b18-2+/t19-/m0/s1. The van der Waals surface area contributed by atoms with Gasteiger partial charge in [-0.15, -0.1) is 0 Å². The summed E-state index contributed by atoms with van der Waals surface area (Å²) in [6.07, 6.45) is 3.72. The molecule has 0 spiro atoms. The van der Waals surface area contributed by atoms with E-state index >= 15 is 0 Å². The van der Waals surface area contributed by atoms with Crippen molar-refractivity contribution in [3.05, 3.63) is 83.4 Å². The van der Waals surface area contributed by atoms with Gasteiger partial charge in [0.15, 0.2) is 0 Å². The summed E-state index contributed by atoms with van der Waals surface area (Å²) in [6, 6.07) is 20.9. The molecule has 2 aromatic rings. The molecule has 3 rings (SSSR count). The van der Waals surface area contributed by atoms with Crippen LogP contribution in [0.3, 0.4) is 0 Å². The number of hydrogen-bond donors (Lipinski definition) is 0. The molecular formula is C20H21NO. The molecule has 2 heteroatoms. The molecule has 1 amide bonds. The molecule has 22 heavy (non-hydrogen) atoms. The molecule has 1 fully saturated rings. The summed E-state index contributed by atoms with van der Waals surface area (Å²) >= 11 is 0. The Labute approximate surface area is 132 Å². The third-order valence-electron chi connectivity index (χ3n) is 4.29. The first-order valence-electron chi connectivity index (χ1n) is 7.82. The van der Waals surface area contributed by atoms with Crippen LogP contribution in [0.1, 0.15) is 24.5 Å². The number of rotatable bonds is 4. The monoisotopic (exact) mass is 291 g/mol. The number of likely N-dealkylation sites (tertiary alicyclic amines) is 1. The van der Waals surface area contributed by atoms with Gasteiger partial charge in [0.2, 0.25) is 5.91 Å². The number of benzene rings is 2. The van der Waals surface area contributed by atoms with E-state index in [9.17, 15) is 4.79 Å². The van der Waals surface area contributed by atoms with E-state index in [4.69, 9.17) is 0 Å². The minimum absolute atomic E-state index is 0.187. The molecule has 0 radical (unpaired) electrons. The third kappa shape index (κ3) is 3.11. The van der Waals surface area contributed by atoms with E-state index in [0.29, 0.717) is 6.54 Å². The molecule has 1 atom stereocenters. The normalized spacial score (nSPS) is 19.9. The van der Waals surface area contributed by atoms with Gasteiger partial charge in [-0.05, 0) is 30.9 Å². The number of carbonyl (C=O) groups is 1. The van der Waals surface area contributed by atoms with Crippen molar-refractivity contribution in [1.29, 1.82) is 0 Å². The van der Waals surface area contributed by atoms with Crippen LogP contribution in [0.15, 0.2) is 72.3 Å². The van der Waals surface area contributed by atoms with E-state index in [2.05, 4.69) is 36.4 Å².